The second-order valence-electron chi connectivity index (χ2n) is 6.44. The Labute approximate surface area is 160 Å². The van der Waals surface area contributed by atoms with E-state index in [0.29, 0.717) is 13.0 Å². The highest BCUT2D eigenvalue weighted by atomic mass is 32.2. The Balaban J connectivity index is 1.77. The van der Waals surface area contributed by atoms with Gasteiger partial charge in [0.2, 0.25) is 10.0 Å². The fraction of sp³-hybridized carbons (Fsp3) is 0.278. The Hall–Kier alpha value is -2.98. The van der Waals surface area contributed by atoms with Crippen LogP contribution in [0.5, 0.6) is 0 Å². The van der Waals surface area contributed by atoms with Crippen molar-refractivity contribution in [2.45, 2.75) is 24.4 Å². The molecule has 2 aromatic heterocycles. The van der Waals surface area contributed by atoms with Gasteiger partial charge in [0.25, 0.3) is 0 Å². The Morgan fingerprint density at radius 1 is 1.18 bits per heavy atom. The standard InChI is InChI=1S/C18H18N4O5S/c1-27-16(23)12-22-18(24)21-9-4-7-15(17(21)19-22)28(25,26)20-10-8-13-5-2-3-6-14(13)11-20/h2-7,9H,8,10-12H2,1H3. The second kappa shape index (κ2) is 6.88. The zero-order chi connectivity index (χ0) is 19.9. The van der Waals surface area contributed by atoms with Gasteiger partial charge in [-0.3, -0.25) is 4.79 Å². The molecular formula is C18H18N4O5S. The van der Waals surface area contributed by atoms with Gasteiger partial charge in [-0.2, -0.15) is 4.31 Å². The minimum Gasteiger partial charge on any atom is -0.468 e. The number of nitrogens with zero attached hydrogens (tertiary/aromatic N) is 4. The van der Waals surface area contributed by atoms with Gasteiger partial charge < -0.3 is 4.74 Å². The molecule has 1 aromatic carbocycles. The lowest BCUT2D eigenvalue weighted by molar-refractivity contribution is -0.141. The molecule has 0 spiro atoms. The van der Waals surface area contributed by atoms with Gasteiger partial charge in [-0.15, -0.1) is 5.10 Å². The van der Waals surface area contributed by atoms with Crippen molar-refractivity contribution in [3.05, 3.63) is 64.2 Å². The lowest BCUT2D eigenvalue weighted by Gasteiger charge is -2.28. The van der Waals surface area contributed by atoms with Crippen molar-refractivity contribution in [3.8, 4) is 0 Å². The van der Waals surface area contributed by atoms with Crippen LogP contribution in [0.15, 0.2) is 52.3 Å². The predicted molar refractivity (Wildman–Crippen MR) is 99.2 cm³/mol. The topological polar surface area (TPSA) is 103 Å². The summed E-state index contributed by atoms with van der Waals surface area (Å²) < 4.78 is 34.5. The molecule has 10 heteroatoms. The number of carbonyl (C=O) groups excluding carboxylic acids is 1. The minimum atomic E-state index is -3.89. The maximum atomic E-state index is 13.3. The summed E-state index contributed by atoms with van der Waals surface area (Å²) in [5.41, 5.74) is 1.46. The lowest BCUT2D eigenvalue weighted by Crippen LogP contribution is -2.36. The van der Waals surface area contributed by atoms with E-state index in [1.54, 1.807) is 0 Å². The molecule has 0 fully saturated rings. The third kappa shape index (κ3) is 3.00. The molecule has 0 amide bonds. The van der Waals surface area contributed by atoms with Crippen molar-refractivity contribution in [1.82, 2.24) is 18.5 Å². The van der Waals surface area contributed by atoms with Crippen molar-refractivity contribution >= 4 is 21.6 Å². The number of benzene rings is 1. The fourth-order valence-corrected chi connectivity index (χ4v) is 4.86. The number of methoxy groups -OCH3 is 1. The van der Waals surface area contributed by atoms with Crippen molar-refractivity contribution < 1.29 is 17.9 Å². The highest BCUT2D eigenvalue weighted by molar-refractivity contribution is 7.89. The molecule has 4 rings (SSSR count). The lowest BCUT2D eigenvalue weighted by atomic mass is 10.0. The van der Waals surface area contributed by atoms with Gasteiger partial charge >= 0.3 is 11.7 Å². The number of fused-ring (bicyclic) bond motifs is 2. The van der Waals surface area contributed by atoms with E-state index in [0.717, 1.165) is 20.2 Å². The molecule has 0 atom stereocenters. The van der Waals surface area contributed by atoms with Crippen LogP contribution in [0.2, 0.25) is 0 Å². The zero-order valence-electron chi connectivity index (χ0n) is 15.1. The maximum absolute atomic E-state index is 13.3. The van der Waals surface area contributed by atoms with Gasteiger partial charge in [0.1, 0.15) is 11.4 Å². The van der Waals surface area contributed by atoms with Crippen molar-refractivity contribution in [3.63, 3.8) is 0 Å². The summed E-state index contributed by atoms with van der Waals surface area (Å²) in [4.78, 5) is 23.9. The van der Waals surface area contributed by atoms with Crippen LogP contribution >= 0.6 is 0 Å². The zero-order valence-corrected chi connectivity index (χ0v) is 15.9. The third-order valence-electron chi connectivity index (χ3n) is 4.79. The van der Waals surface area contributed by atoms with E-state index in [1.807, 2.05) is 24.3 Å². The Bertz CT molecular complexity index is 1230. The molecule has 3 aromatic rings. The van der Waals surface area contributed by atoms with Gasteiger partial charge in [0.15, 0.2) is 5.65 Å². The first kappa shape index (κ1) is 18.4. The summed E-state index contributed by atoms with van der Waals surface area (Å²) in [6.07, 6.45) is 2.03. The van der Waals surface area contributed by atoms with Crippen LogP contribution in [0.4, 0.5) is 0 Å². The van der Waals surface area contributed by atoms with Gasteiger partial charge in [0.05, 0.1) is 7.11 Å². The Kier molecular flexibility index (Phi) is 4.52. The molecule has 0 aliphatic carbocycles. The van der Waals surface area contributed by atoms with Crippen LogP contribution < -0.4 is 5.69 Å². The molecule has 146 valence electrons. The van der Waals surface area contributed by atoms with Crippen LogP contribution in [0.25, 0.3) is 5.65 Å². The Morgan fingerprint density at radius 3 is 2.68 bits per heavy atom. The van der Waals surface area contributed by atoms with Crippen LogP contribution in [0.3, 0.4) is 0 Å². The fourth-order valence-electron chi connectivity index (χ4n) is 3.32. The van der Waals surface area contributed by atoms with Gasteiger partial charge in [-0.05, 0) is 29.7 Å². The predicted octanol–water partition coefficient (Wildman–Crippen LogP) is 0.416. The normalized spacial score (nSPS) is 14.8. The molecule has 0 saturated heterocycles. The van der Waals surface area contributed by atoms with Gasteiger partial charge in [-0.25, -0.2) is 22.3 Å². The molecule has 9 nitrogen and oxygen atoms in total. The number of aromatic nitrogens is 3. The number of rotatable bonds is 4. The van der Waals surface area contributed by atoms with Crippen molar-refractivity contribution in [2.75, 3.05) is 13.7 Å². The van der Waals surface area contributed by atoms with E-state index in [2.05, 4.69) is 9.84 Å². The maximum Gasteiger partial charge on any atom is 0.350 e. The smallest absolute Gasteiger partial charge is 0.350 e. The molecule has 28 heavy (non-hydrogen) atoms. The van der Waals surface area contributed by atoms with Crippen LogP contribution in [0, 0.1) is 0 Å². The average Bonchev–Trinajstić information content (AvgIpc) is 3.02. The number of pyridine rings is 1. The number of ether oxygens (including phenoxy) is 1. The summed E-state index contributed by atoms with van der Waals surface area (Å²) >= 11 is 0. The first-order valence-electron chi connectivity index (χ1n) is 8.64. The van der Waals surface area contributed by atoms with Gasteiger partial charge in [0, 0.05) is 19.3 Å². The summed E-state index contributed by atoms with van der Waals surface area (Å²) in [6.45, 7) is 0.202. The monoisotopic (exact) mass is 402 g/mol. The highest BCUT2D eigenvalue weighted by Crippen LogP contribution is 2.26. The summed E-state index contributed by atoms with van der Waals surface area (Å²) in [7, 11) is -2.69. The van der Waals surface area contributed by atoms with E-state index in [4.69, 9.17) is 0 Å². The number of sulfonamides is 1. The van der Waals surface area contributed by atoms with Crippen LogP contribution in [-0.4, -0.2) is 46.5 Å². The number of hydrogen-bond donors (Lipinski definition) is 0. The van der Waals surface area contributed by atoms with E-state index in [-0.39, 0.29) is 17.1 Å². The van der Waals surface area contributed by atoms with Gasteiger partial charge in [-0.1, -0.05) is 24.3 Å². The third-order valence-corrected chi connectivity index (χ3v) is 6.66. The van der Waals surface area contributed by atoms with E-state index < -0.39 is 28.2 Å². The van der Waals surface area contributed by atoms with Crippen molar-refractivity contribution in [2.24, 2.45) is 0 Å². The second-order valence-corrected chi connectivity index (χ2v) is 8.35. The SMILES string of the molecule is COC(=O)Cn1nc2c(S(=O)(=O)N3CCc4ccccc4C3)cccn2c1=O. The number of hydrogen-bond acceptors (Lipinski definition) is 6. The molecule has 0 radical (unpaired) electrons. The van der Waals surface area contributed by atoms with Crippen molar-refractivity contribution in [1.29, 1.82) is 0 Å². The summed E-state index contributed by atoms with van der Waals surface area (Å²) in [5.74, 6) is -0.650. The molecule has 1 aliphatic heterocycles. The molecule has 0 N–H and O–H groups in total. The summed E-state index contributed by atoms with van der Waals surface area (Å²) in [6, 6.07) is 10.6. The van der Waals surface area contributed by atoms with E-state index >= 15 is 0 Å². The quantitative estimate of drug-likeness (QED) is 0.586. The first-order valence-corrected chi connectivity index (χ1v) is 10.1. The molecular weight excluding hydrogens is 384 g/mol. The average molecular weight is 402 g/mol. The number of carbonyl (C=O) groups is 1. The summed E-state index contributed by atoms with van der Waals surface area (Å²) in [5, 5.41) is 4.07. The number of esters is 1. The first-order chi connectivity index (χ1) is 13.4. The molecule has 0 unspecified atom stereocenters. The van der Waals surface area contributed by atoms with Crippen LogP contribution in [0.1, 0.15) is 11.1 Å². The molecule has 3 heterocycles. The largest absolute Gasteiger partial charge is 0.468 e. The minimum absolute atomic E-state index is 0.0183. The van der Waals surface area contributed by atoms with E-state index in [1.165, 1.54) is 29.7 Å². The molecule has 0 saturated carbocycles. The highest BCUT2D eigenvalue weighted by Gasteiger charge is 2.31. The molecule has 1 aliphatic rings. The van der Waals surface area contributed by atoms with Crippen LogP contribution in [-0.2, 0) is 39.1 Å². The molecule has 0 bridgehead atoms. The Morgan fingerprint density at radius 2 is 1.93 bits per heavy atom. The van der Waals surface area contributed by atoms with E-state index in [9.17, 15) is 18.0 Å².